The summed E-state index contributed by atoms with van der Waals surface area (Å²) in [6.45, 7) is 0. The van der Waals surface area contributed by atoms with E-state index >= 15 is 0 Å². The molecule has 1 aliphatic carbocycles. The predicted octanol–water partition coefficient (Wildman–Crippen LogP) is 1.63. The van der Waals surface area contributed by atoms with Crippen molar-refractivity contribution in [2.24, 2.45) is 11.3 Å². The van der Waals surface area contributed by atoms with Gasteiger partial charge in [0.1, 0.15) is 15.6 Å². The Morgan fingerprint density at radius 3 is 2.77 bits per heavy atom. The zero-order valence-electron chi connectivity index (χ0n) is 14.4. The van der Waals surface area contributed by atoms with Gasteiger partial charge in [0.2, 0.25) is 11.9 Å². The van der Waals surface area contributed by atoms with Crippen molar-refractivity contribution in [2.75, 3.05) is 23.9 Å². The number of carbonyl (C=O) groups is 1. The van der Waals surface area contributed by atoms with Crippen molar-refractivity contribution in [1.29, 1.82) is 0 Å². The zero-order chi connectivity index (χ0) is 18.4. The van der Waals surface area contributed by atoms with E-state index in [0.29, 0.717) is 24.4 Å². The van der Waals surface area contributed by atoms with Gasteiger partial charge >= 0.3 is 0 Å². The smallest absolute Gasteiger partial charge is 0.249 e. The molecule has 0 radical (unpaired) electrons. The fourth-order valence-corrected chi connectivity index (χ4v) is 5.33. The maximum absolute atomic E-state index is 12.5. The van der Waals surface area contributed by atoms with Crippen molar-refractivity contribution < 1.29 is 17.9 Å². The summed E-state index contributed by atoms with van der Waals surface area (Å²) in [5.74, 6) is 1.42. The van der Waals surface area contributed by atoms with Crippen molar-refractivity contribution in [3.05, 3.63) is 24.3 Å². The molecule has 4 rings (SSSR count). The number of H-pyrrole nitrogens is 1. The number of para-hydroxylation sites is 1. The summed E-state index contributed by atoms with van der Waals surface area (Å²) in [7, 11) is -1.35. The molecule has 2 fully saturated rings. The highest BCUT2D eigenvalue weighted by molar-refractivity contribution is 7.91. The van der Waals surface area contributed by atoms with Crippen molar-refractivity contribution in [3.8, 4) is 17.1 Å². The lowest BCUT2D eigenvalue weighted by Gasteiger charge is -2.22. The number of nitrogens with zero attached hydrogens (tertiary/aromatic N) is 2. The van der Waals surface area contributed by atoms with Gasteiger partial charge in [-0.25, -0.2) is 8.42 Å². The van der Waals surface area contributed by atoms with Crippen LogP contribution >= 0.6 is 0 Å². The predicted molar refractivity (Wildman–Crippen MR) is 95.4 cm³/mol. The maximum Gasteiger partial charge on any atom is 0.249 e. The zero-order valence-corrected chi connectivity index (χ0v) is 15.2. The quantitative estimate of drug-likeness (QED) is 0.838. The van der Waals surface area contributed by atoms with Gasteiger partial charge in [0.25, 0.3) is 0 Å². The van der Waals surface area contributed by atoms with E-state index in [1.54, 1.807) is 7.11 Å². The molecule has 1 aromatic heterocycles. The first-order valence-corrected chi connectivity index (χ1v) is 10.3. The molecule has 1 unspecified atom stereocenters. The van der Waals surface area contributed by atoms with Crippen molar-refractivity contribution in [1.82, 2.24) is 15.2 Å². The third kappa shape index (κ3) is 3.07. The number of amides is 1. The van der Waals surface area contributed by atoms with E-state index < -0.39 is 9.84 Å². The standard InChI is InChI=1S/C17H20N4O4S/c1-25-13-5-3-2-4-11(13)14-18-16(21-20-14)19-15(22)12-10-17(12)6-8-26(23,24)9-7-17/h2-5,12H,6-10H2,1H3,(H2,18,19,20,21,22). The Kier molecular flexibility index (Phi) is 3.98. The van der Waals surface area contributed by atoms with Gasteiger partial charge in [-0.05, 0) is 36.8 Å². The van der Waals surface area contributed by atoms with Crippen LogP contribution in [-0.4, -0.2) is 48.1 Å². The third-order valence-electron chi connectivity index (χ3n) is 5.41. The van der Waals surface area contributed by atoms with Gasteiger partial charge < -0.3 is 4.74 Å². The molecular formula is C17H20N4O4S. The molecule has 138 valence electrons. The lowest BCUT2D eigenvalue weighted by Crippen LogP contribution is -2.28. The Bertz CT molecular complexity index is 939. The number of sulfone groups is 1. The molecule has 1 spiro atoms. The summed E-state index contributed by atoms with van der Waals surface area (Å²) in [5, 5.41) is 9.60. The number of hydrogen-bond donors (Lipinski definition) is 2. The summed E-state index contributed by atoms with van der Waals surface area (Å²) < 4.78 is 28.5. The minimum Gasteiger partial charge on any atom is -0.496 e. The van der Waals surface area contributed by atoms with E-state index in [9.17, 15) is 13.2 Å². The van der Waals surface area contributed by atoms with Gasteiger partial charge in [-0.3, -0.25) is 15.2 Å². The average Bonchev–Trinajstić information content (AvgIpc) is 3.17. The summed E-state index contributed by atoms with van der Waals surface area (Å²) >= 11 is 0. The minimum absolute atomic E-state index is 0.144. The van der Waals surface area contributed by atoms with Gasteiger partial charge in [0.15, 0.2) is 5.82 Å². The molecule has 1 atom stereocenters. The van der Waals surface area contributed by atoms with Crippen LogP contribution in [0.2, 0.25) is 0 Å². The van der Waals surface area contributed by atoms with Gasteiger partial charge in [0.05, 0.1) is 24.2 Å². The van der Waals surface area contributed by atoms with Crippen LogP contribution in [0.3, 0.4) is 0 Å². The minimum atomic E-state index is -2.93. The fourth-order valence-electron chi connectivity index (χ4n) is 3.69. The van der Waals surface area contributed by atoms with Crippen LogP contribution in [0, 0.1) is 11.3 Å². The number of methoxy groups -OCH3 is 1. The topological polar surface area (TPSA) is 114 Å². The highest BCUT2D eigenvalue weighted by atomic mass is 32.2. The SMILES string of the molecule is COc1ccccc1-c1nc(NC(=O)C2CC23CCS(=O)(=O)CC3)n[nH]1. The number of aromatic nitrogens is 3. The largest absolute Gasteiger partial charge is 0.496 e. The Hall–Kier alpha value is -2.42. The van der Waals surface area contributed by atoms with E-state index in [1.165, 1.54) is 0 Å². The van der Waals surface area contributed by atoms with E-state index in [2.05, 4.69) is 20.5 Å². The summed E-state index contributed by atoms with van der Waals surface area (Å²) in [6.07, 6.45) is 1.86. The number of rotatable bonds is 4. The van der Waals surface area contributed by atoms with Crippen LogP contribution in [0.4, 0.5) is 5.95 Å². The highest BCUT2D eigenvalue weighted by Gasteiger charge is 2.59. The maximum atomic E-state index is 12.5. The molecule has 1 saturated carbocycles. The number of anilines is 1. The molecule has 9 heteroatoms. The molecule has 2 heterocycles. The molecular weight excluding hydrogens is 356 g/mol. The number of aromatic amines is 1. The summed E-state index contributed by atoms with van der Waals surface area (Å²) in [5.41, 5.74) is 0.598. The third-order valence-corrected chi connectivity index (χ3v) is 7.06. The van der Waals surface area contributed by atoms with Gasteiger partial charge in [-0.2, -0.15) is 4.98 Å². The lowest BCUT2D eigenvalue weighted by molar-refractivity contribution is -0.118. The number of hydrogen-bond acceptors (Lipinski definition) is 6. The molecule has 2 aliphatic rings. The Morgan fingerprint density at radius 2 is 2.04 bits per heavy atom. The van der Waals surface area contributed by atoms with Crippen LogP contribution in [0.5, 0.6) is 5.75 Å². The molecule has 1 aliphatic heterocycles. The number of benzene rings is 1. The number of nitrogens with one attached hydrogen (secondary N) is 2. The van der Waals surface area contributed by atoms with E-state index in [0.717, 1.165) is 12.0 Å². The Balaban J connectivity index is 1.43. The van der Waals surface area contributed by atoms with Crippen LogP contribution in [0.15, 0.2) is 24.3 Å². The molecule has 1 aromatic carbocycles. The van der Waals surface area contributed by atoms with Gasteiger partial charge in [-0.1, -0.05) is 12.1 Å². The van der Waals surface area contributed by atoms with Crippen LogP contribution in [-0.2, 0) is 14.6 Å². The first-order chi connectivity index (χ1) is 12.4. The van der Waals surface area contributed by atoms with Gasteiger partial charge in [-0.15, -0.1) is 5.10 Å². The van der Waals surface area contributed by atoms with Crippen molar-refractivity contribution >= 4 is 21.7 Å². The van der Waals surface area contributed by atoms with Crippen molar-refractivity contribution in [2.45, 2.75) is 19.3 Å². The summed E-state index contributed by atoms with van der Waals surface area (Å²) in [4.78, 5) is 16.8. The lowest BCUT2D eigenvalue weighted by atomic mass is 9.96. The normalized spacial score (nSPS) is 22.7. The fraction of sp³-hybridized carbons (Fsp3) is 0.471. The first kappa shape index (κ1) is 17.0. The number of ether oxygens (including phenoxy) is 1. The molecule has 1 saturated heterocycles. The number of carbonyl (C=O) groups excluding carboxylic acids is 1. The molecule has 2 N–H and O–H groups in total. The Labute approximate surface area is 151 Å². The van der Waals surface area contributed by atoms with Crippen LogP contribution in [0.1, 0.15) is 19.3 Å². The van der Waals surface area contributed by atoms with E-state index in [-0.39, 0.29) is 34.7 Å². The van der Waals surface area contributed by atoms with Crippen LogP contribution < -0.4 is 10.1 Å². The summed E-state index contributed by atoms with van der Waals surface area (Å²) in [6, 6.07) is 7.40. The first-order valence-electron chi connectivity index (χ1n) is 8.50. The molecule has 2 aromatic rings. The van der Waals surface area contributed by atoms with E-state index in [1.807, 2.05) is 24.3 Å². The highest BCUT2D eigenvalue weighted by Crippen LogP contribution is 2.60. The van der Waals surface area contributed by atoms with Crippen molar-refractivity contribution in [3.63, 3.8) is 0 Å². The molecule has 1 amide bonds. The van der Waals surface area contributed by atoms with Gasteiger partial charge in [0, 0.05) is 5.92 Å². The molecule has 26 heavy (non-hydrogen) atoms. The monoisotopic (exact) mass is 376 g/mol. The average molecular weight is 376 g/mol. The molecule has 0 bridgehead atoms. The second-order valence-corrected chi connectivity index (χ2v) is 9.27. The second kappa shape index (κ2) is 6.08. The Morgan fingerprint density at radius 1 is 1.31 bits per heavy atom. The van der Waals surface area contributed by atoms with E-state index in [4.69, 9.17) is 4.74 Å². The molecule has 8 nitrogen and oxygen atoms in total. The van der Waals surface area contributed by atoms with Crippen LogP contribution in [0.25, 0.3) is 11.4 Å². The second-order valence-electron chi connectivity index (χ2n) is 6.97.